The normalized spacial score (nSPS) is 10.9. The molecule has 1 aromatic rings. The molecule has 0 bridgehead atoms. The summed E-state index contributed by atoms with van der Waals surface area (Å²) in [6, 6.07) is 0. The Balaban J connectivity index is 3.06. The fourth-order valence-corrected chi connectivity index (χ4v) is 1.75. The lowest BCUT2D eigenvalue weighted by Gasteiger charge is -2.15. The van der Waals surface area contributed by atoms with Crippen LogP contribution in [0.3, 0.4) is 0 Å². The summed E-state index contributed by atoms with van der Waals surface area (Å²) in [5, 5.41) is 0. The van der Waals surface area contributed by atoms with Gasteiger partial charge in [-0.1, -0.05) is 13.8 Å². The monoisotopic (exact) mass is 224 g/mol. The lowest BCUT2D eigenvalue weighted by atomic mass is 10.0. The van der Waals surface area contributed by atoms with Crippen LogP contribution in [0.1, 0.15) is 36.8 Å². The molecule has 1 aromatic heterocycles. The first-order chi connectivity index (χ1) is 7.60. The maximum atomic E-state index is 5.48. The number of aryl methyl sites for hydroxylation is 1. The second kappa shape index (κ2) is 5.77. The number of anilines is 1. The molecule has 0 saturated carbocycles. The van der Waals surface area contributed by atoms with Crippen molar-refractivity contribution in [2.45, 2.75) is 33.1 Å². The first-order valence-corrected chi connectivity index (χ1v) is 5.43. The molecule has 0 aliphatic heterocycles. The van der Waals surface area contributed by atoms with Crippen molar-refractivity contribution in [3.05, 3.63) is 17.1 Å². The fourth-order valence-electron chi connectivity index (χ4n) is 1.75. The van der Waals surface area contributed by atoms with Crippen LogP contribution in [-0.2, 0) is 11.2 Å². The van der Waals surface area contributed by atoms with Crippen molar-refractivity contribution >= 4 is 5.82 Å². The molecule has 0 atom stereocenters. The van der Waals surface area contributed by atoms with Gasteiger partial charge in [-0.3, -0.25) is 0 Å². The summed E-state index contributed by atoms with van der Waals surface area (Å²) in [6.45, 7) is 6.79. The third-order valence-electron chi connectivity index (χ3n) is 2.43. The molecule has 1 rings (SSSR count). The first-order valence-electron chi connectivity index (χ1n) is 5.43. The number of methoxy groups -OCH3 is 1. The van der Waals surface area contributed by atoms with E-state index in [1.807, 2.05) is 6.92 Å². The number of rotatable bonds is 5. The highest BCUT2D eigenvalue weighted by atomic mass is 16.5. The number of hydrogen-bond donors (Lipinski definition) is 2. The summed E-state index contributed by atoms with van der Waals surface area (Å²) in [5.74, 6) is 7.31. The number of hydrogen-bond acceptors (Lipinski definition) is 5. The van der Waals surface area contributed by atoms with Crippen molar-refractivity contribution in [3.8, 4) is 0 Å². The number of ether oxygens (including phenoxy) is 1. The number of hydrazine groups is 1. The topological polar surface area (TPSA) is 73.1 Å². The fraction of sp³-hybridized carbons (Fsp3) is 0.636. The van der Waals surface area contributed by atoms with E-state index in [9.17, 15) is 0 Å². The van der Waals surface area contributed by atoms with Crippen LogP contribution in [0.25, 0.3) is 0 Å². The van der Waals surface area contributed by atoms with Crippen LogP contribution in [0.4, 0.5) is 5.82 Å². The van der Waals surface area contributed by atoms with E-state index in [-0.39, 0.29) is 0 Å². The van der Waals surface area contributed by atoms with Crippen LogP contribution in [0.2, 0.25) is 0 Å². The van der Waals surface area contributed by atoms with Gasteiger partial charge >= 0.3 is 0 Å². The van der Waals surface area contributed by atoms with E-state index in [1.54, 1.807) is 7.11 Å². The summed E-state index contributed by atoms with van der Waals surface area (Å²) in [6.07, 6.45) is 0.699. The van der Waals surface area contributed by atoms with E-state index in [0.717, 1.165) is 17.1 Å². The number of nitrogens with two attached hydrogens (primary N) is 1. The van der Waals surface area contributed by atoms with Crippen molar-refractivity contribution in [1.29, 1.82) is 0 Å². The summed E-state index contributed by atoms with van der Waals surface area (Å²) in [4.78, 5) is 8.84. The Morgan fingerprint density at radius 3 is 2.56 bits per heavy atom. The summed E-state index contributed by atoms with van der Waals surface area (Å²) < 4.78 is 5.01. The average Bonchev–Trinajstić information content (AvgIpc) is 2.24. The van der Waals surface area contributed by atoms with E-state index < -0.39 is 0 Å². The lowest BCUT2D eigenvalue weighted by molar-refractivity contribution is 0.200. The van der Waals surface area contributed by atoms with Gasteiger partial charge in [0.05, 0.1) is 6.61 Å². The second-order valence-electron chi connectivity index (χ2n) is 4.03. The van der Waals surface area contributed by atoms with Crippen LogP contribution >= 0.6 is 0 Å². The maximum absolute atomic E-state index is 5.48. The summed E-state index contributed by atoms with van der Waals surface area (Å²) in [5.41, 5.74) is 4.69. The molecule has 0 radical (unpaired) electrons. The lowest BCUT2D eigenvalue weighted by Crippen LogP contribution is -2.16. The molecule has 0 unspecified atom stereocenters. The van der Waals surface area contributed by atoms with E-state index >= 15 is 0 Å². The van der Waals surface area contributed by atoms with Gasteiger partial charge in [-0.25, -0.2) is 15.8 Å². The Hall–Kier alpha value is -1.20. The Kier molecular flexibility index (Phi) is 4.64. The predicted molar refractivity (Wildman–Crippen MR) is 64.2 cm³/mol. The van der Waals surface area contributed by atoms with Crippen LogP contribution in [0.15, 0.2) is 0 Å². The molecular weight excluding hydrogens is 204 g/mol. The molecule has 5 nitrogen and oxygen atoms in total. The van der Waals surface area contributed by atoms with Crippen molar-refractivity contribution in [3.63, 3.8) is 0 Å². The SMILES string of the molecule is COCCc1nc(C)c(C(C)C)c(NN)n1. The molecule has 1 heterocycles. The van der Waals surface area contributed by atoms with Gasteiger partial charge in [-0.2, -0.15) is 0 Å². The van der Waals surface area contributed by atoms with Crippen LogP contribution in [-0.4, -0.2) is 23.7 Å². The summed E-state index contributed by atoms with van der Waals surface area (Å²) >= 11 is 0. The van der Waals surface area contributed by atoms with Gasteiger partial charge in [-0.15, -0.1) is 0 Å². The molecule has 0 spiro atoms. The first kappa shape index (κ1) is 12.9. The quantitative estimate of drug-likeness (QED) is 0.584. The molecule has 0 aromatic carbocycles. The van der Waals surface area contributed by atoms with Gasteiger partial charge in [0, 0.05) is 24.8 Å². The average molecular weight is 224 g/mol. The highest BCUT2D eigenvalue weighted by molar-refractivity contribution is 5.47. The van der Waals surface area contributed by atoms with Crippen LogP contribution in [0, 0.1) is 6.92 Å². The minimum absolute atomic E-state index is 0.350. The molecule has 0 fully saturated rings. The van der Waals surface area contributed by atoms with Gasteiger partial charge < -0.3 is 10.2 Å². The van der Waals surface area contributed by atoms with Gasteiger partial charge in [0.1, 0.15) is 11.6 Å². The van der Waals surface area contributed by atoms with Crippen LogP contribution in [0.5, 0.6) is 0 Å². The Morgan fingerprint density at radius 1 is 1.38 bits per heavy atom. The molecule has 90 valence electrons. The maximum Gasteiger partial charge on any atom is 0.147 e. The van der Waals surface area contributed by atoms with Gasteiger partial charge in [0.2, 0.25) is 0 Å². The Bertz CT molecular complexity index is 352. The number of nitrogens with one attached hydrogen (secondary N) is 1. The minimum atomic E-state index is 0.350. The third-order valence-corrected chi connectivity index (χ3v) is 2.43. The molecule has 0 saturated heterocycles. The predicted octanol–water partition coefficient (Wildman–Crippen LogP) is 1.38. The molecule has 0 amide bonds. The third kappa shape index (κ3) is 2.90. The molecular formula is C11H20N4O. The zero-order chi connectivity index (χ0) is 12.1. The molecule has 3 N–H and O–H groups in total. The van der Waals surface area contributed by atoms with E-state index in [4.69, 9.17) is 10.6 Å². The Morgan fingerprint density at radius 2 is 2.06 bits per heavy atom. The zero-order valence-electron chi connectivity index (χ0n) is 10.4. The largest absolute Gasteiger partial charge is 0.384 e. The highest BCUT2D eigenvalue weighted by Gasteiger charge is 2.13. The van der Waals surface area contributed by atoms with Crippen molar-refractivity contribution in [2.24, 2.45) is 5.84 Å². The Labute approximate surface area is 96.4 Å². The number of nitrogen functional groups attached to an aromatic ring is 1. The van der Waals surface area contributed by atoms with Gasteiger partial charge in [0.15, 0.2) is 0 Å². The van der Waals surface area contributed by atoms with Gasteiger partial charge in [-0.05, 0) is 12.8 Å². The summed E-state index contributed by atoms with van der Waals surface area (Å²) in [7, 11) is 1.66. The minimum Gasteiger partial charge on any atom is -0.384 e. The molecule has 0 aliphatic carbocycles. The smallest absolute Gasteiger partial charge is 0.147 e. The van der Waals surface area contributed by atoms with Crippen molar-refractivity contribution in [1.82, 2.24) is 9.97 Å². The zero-order valence-corrected chi connectivity index (χ0v) is 10.4. The number of nitrogens with zero attached hydrogens (tertiary/aromatic N) is 2. The second-order valence-corrected chi connectivity index (χ2v) is 4.03. The number of aromatic nitrogens is 2. The van der Waals surface area contributed by atoms with Crippen molar-refractivity contribution in [2.75, 3.05) is 19.1 Å². The molecule has 16 heavy (non-hydrogen) atoms. The highest BCUT2D eigenvalue weighted by Crippen LogP contribution is 2.24. The van der Waals surface area contributed by atoms with Crippen molar-refractivity contribution < 1.29 is 4.74 Å². The van der Waals surface area contributed by atoms with Gasteiger partial charge in [0.25, 0.3) is 0 Å². The standard InChI is InChI=1S/C11H20N4O/c1-7(2)10-8(3)13-9(5-6-16-4)14-11(10)15-12/h7H,5-6,12H2,1-4H3,(H,13,14,15). The van der Waals surface area contributed by atoms with E-state index in [0.29, 0.717) is 24.8 Å². The molecule has 0 aliphatic rings. The van der Waals surface area contributed by atoms with Crippen LogP contribution < -0.4 is 11.3 Å². The van der Waals surface area contributed by atoms with E-state index in [2.05, 4.69) is 29.2 Å². The van der Waals surface area contributed by atoms with E-state index in [1.165, 1.54) is 0 Å². The molecule has 5 heteroatoms.